The van der Waals surface area contributed by atoms with Gasteiger partial charge in [0.1, 0.15) is 5.56 Å². The number of alkyl halides is 3. The van der Waals surface area contributed by atoms with Gasteiger partial charge in [0.2, 0.25) is 0 Å². The summed E-state index contributed by atoms with van der Waals surface area (Å²) in [6, 6.07) is 16.3. The van der Waals surface area contributed by atoms with Gasteiger partial charge in [0.25, 0.3) is 11.5 Å². The van der Waals surface area contributed by atoms with E-state index in [1.54, 1.807) is 31.2 Å². The zero-order valence-corrected chi connectivity index (χ0v) is 20.9. The van der Waals surface area contributed by atoms with Crippen LogP contribution in [-0.2, 0) is 28.3 Å². The quantitative estimate of drug-likeness (QED) is 0.373. The molecule has 0 bridgehead atoms. The molecule has 0 aliphatic rings. The van der Waals surface area contributed by atoms with E-state index in [2.05, 4.69) is 10.3 Å². The van der Waals surface area contributed by atoms with Crippen LogP contribution in [-0.4, -0.2) is 23.9 Å². The molecule has 2 aromatic carbocycles. The van der Waals surface area contributed by atoms with Crippen molar-refractivity contribution in [3.63, 3.8) is 0 Å². The summed E-state index contributed by atoms with van der Waals surface area (Å²) >= 11 is 0. The van der Waals surface area contributed by atoms with Gasteiger partial charge in [-0.1, -0.05) is 18.2 Å². The Balaban J connectivity index is 1.50. The number of rotatable bonds is 7. The molecule has 4 rings (SSSR count). The number of carbonyl (C=O) groups excluding carboxylic acids is 1. The number of hydrogen-bond acceptors (Lipinski definition) is 5. The number of sulfone groups is 1. The Labute approximate surface area is 216 Å². The number of pyridine rings is 2. The van der Waals surface area contributed by atoms with Gasteiger partial charge in [-0.25, -0.2) is 8.42 Å². The van der Waals surface area contributed by atoms with Gasteiger partial charge in [-0.2, -0.15) is 13.2 Å². The number of amides is 1. The molecule has 0 saturated carbocycles. The van der Waals surface area contributed by atoms with E-state index in [0.717, 1.165) is 16.7 Å². The van der Waals surface area contributed by atoms with Crippen LogP contribution in [0.2, 0.25) is 0 Å². The minimum atomic E-state index is -4.59. The van der Waals surface area contributed by atoms with Gasteiger partial charge in [0, 0.05) is 30.3 Å². The first-order valence-electron chi connectivity index (χ1n) is 11.3. The topological polar surface area (TPSA) is 98.1 Å². The molecule has 0 aliphatic heterocycles. The van der Waals surface area contributed by atoms with Crippen LogP contribution >= 0.6 is 0 Å². The van der Waals surface area contributed by atoms with Crippen molar-refractivity contribution in [3.8, 4) is 5.69 Å². The zero-order chi connectivity index (χ0) is 27.5. The highest BCUT2D eigenvalue weighted by atomic mass is 32.2. The molecule has 0 fully saturated rings. The molecule has 0 radical (unpaired) electrons. The van der Waals surface area contributed by atoms with Crippen LogP contribution in [0.4, 0.5) is 13.2 Å². The Morgan fingerprint density at radius 3 is 2.29 bits per heavy atom. The third kappa shape index (κ3) is 6.00. The number of aryl methyl sites for hydroxylation is 1. The van der Waals surface area contributed by atoms with E-state index >= 15 is 0 Å². The standard InChI is InChI=1S/C27H22F3N3O4S/c1-18-5-10-24(26(35)33(18)22-4-2-3-21(15-22)27(28,29)30)25(34)32-16-19-6-8-23(9-7-19)38(36,37)17-20-11-13-31-14-12-20/h2-15H,16-17H2,1H3,(H,32,34). The van der Waals surface area contributed by atoms with Crippen LogP contribution in [0.25, 0.3) is 5.69 Å². The monoisotopic (exact) mass is 541 g/mol. The van der Waals surface area contributed by atoms with Gasteiger partial charge >= 0.3 is 6.18 Å². The Bertz CT molecular complexity index is 1630. The molecule has 1 amide bonds. The average Bonchev–Trinajstić information content (AvgIpc) is 2.88. The molecule has 0 aliphatic carbocycles. The van der Waals surface area contributed by atoms with Crippen molar-refractivity contribution in [2.45, 2.75) is 30.3 Å². The van der Waals surface area contributed by atoms with Crippen molar-refractivity contribution < 1.29 is 26.4 Å². The Morgan fingerprint density at radius 2 is 1.63 bits per heavy atom. The van der Waals surface area contributed by atoms with E-state index in [9.17, 15) is 31.2 Å². The molecule has 38 heavy (non-hydrogen) atoms. The van der Waals surface area contributed by atoms with E-state index < -0.39 is 33.0 Å². The smallest absolute Gasteiger partial charge is 0.348 e. The van der Waals surface area contributed by atoms with E-state index in [-0.39, 0.29) is 28.4 Å². The van der Waals surface area contributed by atoms with Crippen molar-refractivity contribution in [2.24, 2.45) is 0 Å². The first-order valence-corrected chi connectivity index (χ1v) is 13.0. The minimum Gasteiger partial charge on any atom is -0.348 e. The number of carbonyl (C=O) groups is 1. The van der Waals surface area contributed by atoms with Crippen molar-refractivity contribution in [3.05, 3.63) is 123 Å². The van der Waals surface area contributed by atoms with Crippen molar-refractivity contribution >= 4 is 15.7 Å². The zero-order valence-electron chi connectivity index (χ0n) is 20.1. The number of aromatic nitrogens is 2. The maximum absolute atomic E-state index is 13.2. The fraction of sp³-hybridized carbons (Fsp3) is 0.148. The second-order valence-electron chi connectivity index (χ2n) is 8.52. The van der Waals surface area contributed by atoms with Crippen LogP contribution in [0.5, 0.6) is 0 Å². The summed E-state index contributed by atoms with van der Waals surface area (Å²) < 4.78 is 65.8. The lowest BCUT2D eigenvalue weighted by Gasteiger charge is -2.14. The van der Waals surface area contributed by atoms with Gasteiger partial charge in [-0.3, -0.25) is 19.1 Å². The molecule has 2 aromatic heterocycles. The fourth-order valence-corrected chi connectivity index (χ4v) is 5.17. The highest BCUT2D eigenvalue weighted by Crippen LogP contribution is 2.30. The molecule has 196 valence electrons. The van der Waals surface area contributed by atoms with E-state index in [0.29, 0.717) is 16.8 Å². The molecule has 2 heterocycles. The van der Waals surface area contributed by atoms with Gasteiger partial charge in [-0.05, 0) is 72.6 Å². The molecule has 0 spiro atoms. The Morgan fingerprint density at radius 1 is 0.947 bits per heavy atom. The number of halogens is 3. The fourth-order valence-electron chi connectivity index (χ4n) is 3.82. The molecule has 0 atom stereocenters. The molecular weight excluding hydrogens is 519 g/mol. The van der Waals surface area contributed by atoms with Crippen LogP contribution in [0.15, 0.2) is 94.9 Å². The molecule has 0 saturated heterocycles. The average molecular weight is 542 g/mol. The normalized spacial score (nSPS) is 11.8. The summed E-state index contributed by atoms with van der Waals surface area (Å²) in [6.07, 6.45) is -1.56. The van der Waals surface area contributed by atoms with E-state index in [1.807, 2.05) is 0 Å². The van der Waals surface area contributed by atoms with E-state index in [1.165, 1.54) is 48.8 Å². The van der Waals surface area contributed by atoms with Crippen molar-refractivity contribution in [1.29, 1.82) is 0 Å². The molecule has 7 nitrogen and oxygen atoms in total. The third-order valence-electron chi connectivity index (χ3n) is 5.80. The van der Waals surface area contributed by atoms with Crippen LogP contribution in [0.1, 0.15) is 32.7 Å². The van der Waals surface area contributed by atoms with Gasteiger partial charge < -0.3 is 5.32 Å². The molecule has 11 heteroatoms. The SMILES string of the molecule is Cc1ccc(C(=O)NCc2ccc(S(=O)(=O)Cc3ccncc3)cc2)c(=O)n1-c1cccc(C(F)(F)F)c1. The third-order valence-corrected chi connectivity index (χ3v) is 7.50. The maximum Gasteiger partial charge on any atom is 0.416 e. The van der Waals surface area contributed by atoms with E-state index in [4.69, 9.17) is 0 Å². The molecule has 0 unspecified atom stereocenters. The largest absolute Gasteiger partial charge is 0.416 e. The summed E-state index contributed by atoms with van der Waals surface area (Å²) in [5.41, 5.74) is -0.391. The molecule has 1 N–H and O–H groups in total. The lowest BCUT2D eigenvalue weighted by molar-refractivity contribution is -0.137. The number of hydrogen-bond donors (Lipinski definition) is 1. The van der Waals surface area contributed by atoms with Crippen LogP contribution < -0.4 is 10.9 Å². The summed E-state index contributed by atoms with van der Waals surface area (Å²) in [5, 5.41) is 2.60. The molecular formula is C27H22F3N3O4S. The van der Waals surface area contributed by atoms with Gasteiger partial charge in [0.15, 0.2) is 9.84 Å². The van der Waals surface area contributed by atoms with Gasteiger partial charge in [-0.15, -0.1) is 0 Å². The summed E-state index contributed by atoms with van der Waals surface area (Å²) in [6.45, 7) is 1.55. The molecule has 4 aromatic rings. The first-order chi connectivity index (χ1) is 18.0. The van der Waals surface area contributed by atoms with Crippen LogP contribution in [0.3, 0.4) is 0 Å². The number of nitrogens with one attached hydrogen (secondary N) is 1. The Kier molecular flexibility index (Phi) is 7.49. The lowest BCUT2D eigenvalue weighted by Crippen LogP contribution is -2.33. The number of benzene rings is 2. The summed E-state index contributed by atoms with van der Waals surface area (Å²) in [7, 11) is -3.59. The summed E-state index contributed by atoms with van der Waals surface area (Å²) in [4.78, 5) is 29.8. The lowest BCUT2D eigenvalue weighted by atomic mass is 10.1. The highest BCUT2D eigenvalue weighted by molar-refractivity contribution is 7.90. The predicted molar refractivity (Wildman–Crippen MR) is 135 cm³/mol. The van der Waals surface area contributed by atoms with Crippen LogP contribution in [0, 0.1) is 6.92 Å². The first kappa shape index (κ1) is 26.8. The Hall–Kier alpha value is -4.25. The number of nitrogens with zero attached hydrogens (tertiary/aromatic N) is 2. The maximum atomic E-state index is 13.2. The highest BCUT2D eigenvalue weighted by Gasteiger charge is 2.30. The van der Waals surface area contributed by atoms with Crippen molar-refractivity contribution in [2.75, 3.05) is 0 Å². The second-order valence-corrected chi connectivity index (χ2v) is 10.5. The second kappa shape index (κ2) is 10.6. The predicted octanol–water partition coefficient (Wildman–Crippen LogP) is 4.46. The van der Waals surface area contributed by atoms with Crippen molar-refractivity contribution in [1.82, 2.24) is 14.9 Å². The van der Waals surface area contributed by atoms with Gasteiger partial charge in [0.05, 0.1) is 16.2 Å². The minimum absolute atomic E-state index is 0.000388. The summed E-state index contributed by atoms with van der Waals surface area (Å²) in [5.74, 6) is -0.901.